The topological polar surface area (TPSA) is 133 Å². The van der Waals surface area contributed by atoms with Gasteiger partial charge in [-0.05, 0) is 55.7 Å². The van der Waals surface area contributed by atoms with E-state index in [0.29, 0.717) is 41.8 Å². The van der Waals surface area contributed by atoms with Gasteiger partial charge in [-0.15, -0.1) is 0 Å². The highest BCUT2D eigenvalue weighted by Crippen LogP contribution is 2.44. The van der Waals surface area contributed by atoms with Crippen molar-refractivity contribution in [1.29, 1.82) is 0 Å². The second kappa shape index (κ2) is 12.9. The number of halogens is 2. The minimum atomic E-state index is -3.29. The van der Waals surface area contributed by atoms with Crippen LogP contribution in [0.4, 0.5) is 13.6 Å². The monoisotopic (exact) mass is 665 g/mol. The molecule has 2 bridgehead atoms. The molecule has 1 saturated heterocycles. The number of benzene rings is 1. The number of fused-ring (bicyclic) bond motifs is 5. The van der Waals surface area contributed by atoms with Gasteiger partial charge in [0.2, 0.25) is 17.7 Å². The highest BCUT2D eigenvalue weighted by atomic mass is 19.3. The Morgan fingerprint density at radius 3 is 2.60 bits per heavy atom. The zero-order chi connectivity index (χ0) is 34.4. The number of nitrogens with one attached hydrogen (secondary N) is 1. The molecule has 6 atom stereocenters. The zero-order valence-electron chi connectivity index (χ0n) is 27.7. The van der Waals surface area contributed by atoms with Gasteiger partial charge in [0.25, 0.3) is 5.92 Å². The van der Waals surface area contributed by atoms with Crippen LogP contribution in [0.2, 0.25) is 0 Å². The Labute approximate surface area is 277 Å². The first-order chi connectivity index (χ1) is 22.7. The van der Waals surface area contributed by atoms with Crippen LogP contribution in [0.5, 0.6) is 17.5 Å². The van der Waals surface area contributed by atoms with E-state index in [0.717, 1.165) is 0 Å². The minimum Gasteiger partial charge on any atom is -0.472 e. The third kappa shape index (κ3) is 7.05. The Bertz CT molecular complexity index is 1700. The van der Waals surface area contributed by atoms with E-state index < -0.39 is 53.9 Å². The molecule has 2 aliphatic heterocycles. The van der Waals surface area contributed by atoms with Crippen molar-refractivity contribution < 1.29 is 37.4 Å². The van der Waals surface area contributed by atoms with Crippen molar-refractivity contribution in [3.63, 3.8) is 0 Å². The van der Waals surface area contributed by atoms with Crippen molar-refractivity contribution in [3.8, 4) is 17.5 Å². The van der Waals surface area contributed by atoms with E-state index in [1.54, 1.807) is 31.2 Å². The lowest BCUT2D eigenvalue weighted by atomic mass is 9.85. The normalized spacial score (nSPS) is 27.8. The average molecular weight is 666 g/mol. The van der Waals surface area contributed by atoms with Crippen molar-refractivity contribution in [2.24, 2.45) is 17.3 Å². The number of carbonyl (C=O) groups is 3. The van der Waals surface area contributed by atoms with Crippen LogP contribution in [0.25, 0.3) is 10.9 Å². The molecule has 4 heterocycles. The Kier molecular flexibility index (Phi) is 8.99. The van der Waals surface area contributed by atoms with Crippen molar-refractivity contribution in [3.05, 3.63) is 48.4 Å². The summed E-state index contributed by atoms with van der Waals surface area (Å²) in [5.74, 6) is -4.11. The molecule has 0 spiro atoms. The molecule has 11 nitrogen and oxygen atoms in total. The zero-order valence-corrected chi connectivity index (χ0v) is 27.7. The second-order valence-corrected chi connectivity index (χ2v) is 14.2. The van der Waals surface area contributed by atoms with E-state index in [1.165, 1.54) is 30.4 Å². The Morgan fingerprint density at radius 1 is 1.10 bits per heavy atom. The summed E-state index contributed by atoms with van der Waals surface area (Å²) in [4.78, 5) is 54.0. The van der Waals surface area contributed by atoms with Crippen LogP contribution in [0.1, 0.15) is 72.3 Å². The summed E-state index contributed by atoms with van der Waals surface area (Å²) in [6.45, 7) is 8.50. The predicted octanol–water partition coefficient (Wildman–Crippen LogP) is 6.20. The average Bonchev–Trinajstić information content (AvgIpc) is 3.67. The van der Waals surface area contributed by atoms with E-state index in [2.05, 4.69) is 20.3 Å². The van der Waals surface area contributed by atoms with Crippen molar-refractivity contribution >= 4 is 28.7 Å². The molecule has 0 unspecified atom stereocenters. The molecule has 2 fully saturated rings. The predicted molar refractivity (Wildman–Crippen MR) is 171 cm³/mol. The number of ketones is 1. The number of alkyl halides is 2. The maximum atomic E-state index is 16.1. The first-order valence-electron chi connectivity index (χ1n) is 16.4. The number of rotatable bonds is 3. The summed E-state index contributed by atoms with van der Waals surface area (Å²) in [6, 6.07) is 5.98. The Hall–Kier alpha value is -4.42. The molecular weight excluding hydrogens is 624 g/mol. The lowest BCUT2D eigenvalue weighted by Crippen LogP contribution is -2.57. The van der Waals surface area contributed by atoms with Gasteiger partial charge in [0, 0.05) is 36.1 Å². The molecule has 6 rings (SSSR count). The molecule has 48 heavy (non-hydrogen) atoms. The second-order valence-electron chi connectivity index (χ2n) is 14.2. The van der Waals surface area contributed by atoms with Crippen LogP contribution in [0, 0.1) is 17.3 Å². The van der Waals surface area contributed by atoms with Gasteiger partial charge in [0.1, 0.15) is 30.3 Å². The number of carbonyl (C=O) groups excluding carboxylic acids is 3. The highest BCUT2D eigenvalue weighted by Gasteiger charge is 2.50. The van der Waals surface area contributed by atoms with Gasteiger partial charge in [-0.1, -0.05) is 34.1 Å². The standard InChI is InChI=1S/C35H41F2N5O6/c1-19-27-17-42(29(19)20(2)43)32(44)30(34(3,4)5)41-33(45)48-26-15-22(26)8-6-7-12-35(36,37)24-14-21-9-10-23(16-25(21)40-31(24)47-27)46-28-11-13-38-18-39-28/h9-11,13-14,16,18-19,22,26-27,29-30H,6-8,12,15,17H2,1-5H3,(H,41,45)/t19-,22-,26-,27+,29+,30-/m1/s1. The van der Waals surface area contributed by atoms with Gasteiger partial charge in [-0.25, -0.2) is 28.5 Å². The summed E-state index contributed by atoms with van der Waals surface area (Å²) in [6.07, 6.45) is 2.62. The van der Waals surface area contributed by atoms with E-state index in [-0.39, 0.29) is 42.2 Å². The number of hydrogen-bond donors (Lipinski definition) is 1. The fourth-order valence-corrected chi connectivity index (χ4v) is 6.73. The maximum Gasteiger partial charge on any atom is 0.408 e. The fourth-order valence-electron chi connectivity index (χ4n) is 6.73. The van der Waals surface area contributed by atoms with Crippen LogP contribution >= 0.6 is 0 Å². The minimum absolute atomic E-state index is 0.0696. The van der Waals surface area contributed by atoms with Gasteiger partial charge in [-0.3, -0.25) is 9.59 Å². The van der Waals surface area contributed by atoms with Crippen molar-refractivity contribution in [1.82, 2.24) is 25.2 Å². The van der Waals surface area contributed by atoms with Crippen LogP contribution in [-0.2, 0) is 20.2 Å². The lowest BCUT2D eigenvalue weighted by molar-refractivity contribution is -0.141. The van der Waals surface area contributed by atoms with Gasteiger partial charge >= 0.3 is 6.09 Å². The molecule has 1 aromatic carbocycles. The summed E-state index contributed by atoms with van der Waals surface area (Å²) >= 11 is 0. The fraction of sp³-hybridized carbons (Fsp3) is 0.543. The van der Waals surface area contributed by atoms with Crippen LogP contribution in [0.15, 0.2) is 42.9 Å². The Balaban J connectivity index is 1.39. The summed E-state index contributed by atoms with van der Waals surface area (Å²) in [7, 11) is 0. The third-order valence-electron chi connectivity index (χ3n) is 9.49. The molecule has 13 heteroatoms. The van der Waals surface area contributed by atoms with Crippen LogP contribution < -0.4 is 14.8 Å². The molecule has 0 radical (unpaired) electrons. The maximum absolute atomic E-state index is 16.1. The molecular formula is C35H41F2N5O6. The molecule has 3 aliphatic rings. The van der Waals surface area contributed by atoms with Crippen molar-refractivity contribution in [2.75, 3.05) is 6.54 Å². The Morgan fingerprint density at radius 2 is 1.90 bits per heavy atom. The third-order valence-corrected chi connectivity index (χ3v) is 9.49. The van der Waals surface area contributed by atoms with Crippen molar-refractivity contribution in [2.45, 2.75) is 96.9 Å². The van der Waals surface area contributed by atoms with E-state index in [4.69, 9.17) is 14.2 Å². The molecule has 1 N–H and O–H groups in total. The van der Waals surface area contributed by atoms with Gasteiger partial charge in [0.15, 0.2) is 5.78 Å². The molecule has 2 amide bonds. The number of pyridine rings is 1. The largest absolute Gasteiger partial charge is 0.472 e. The lowest BCUT2D eigenvalue weighted by Gasteiger charge is -2.35. The van der Waals surface area contributed by atoms with Gasteiger partial charge in [0.05, 0.1) is 23.7 Å². The molecule has 256 valence electrons. The molecule has 1 saturated carbocycles. The molecule has 3 aromatic rings. The summed E-state index contributed by atoms with van der Waals surface area (Å²) in [5.41, 5.74) is -0.732. The number of hydrogen-bond acceptors (Lipinski definition) is 9. The summed E-state index contributed by atoms with van der Waals surface area (Å²) < 4.78 is 50.0. The SMILES string of the molecule is CC(=O)[C@@H]1[C@H](C)[C@@H]2CN1C(=O)[C@H](C(C)(C)C)NC(=O)O[C@@H]1C[C@H]1CCCCC(F)(F)c1cc3ccc(Oc4ccncn4)cc3nc1O2. The van der Waals surface area contributed by atoms with E-state index >= 15 is 8.78 Å². The number of alkyl carbamates (subject to hydrolysis) is 1. The van der Waals surface area contributed by atoms with Crippen LogP contribution in [0.3, 0.4) is 0 Å². The van der Waals surface area contributed by atoms with Crippen LogP contribution in [-0.4, -0.2) is 68.5 Å². The smallest absolute Gasteiger partial charge is 0.408 e. The number of nitrogens with zero attached hydrogens (tertiary/aromatic N) is 4. The van der Waals surface area contributed by atoms with Gasteiger partial charge in [-0.2, -0.15) is 0 Å². The first-order valence-corrected chi connectivity index (χ1v) is 16.4. The number of ether oxygens (including phenoxy) is 3. The first kappa shape index (κ1) is 33.5. The molecule has 1 aliphatic carbocycles. The van der Waals surface area contributed by atoms with E-state index in [1.807, 2.05) is 20.8 Å². The number of aromatic nitrogens is 3. The summed E-state index contributed by atoms with van der Waals surface area (Å²) in [5, 5.41) is 3.22. The van der Waals surface area contributed by atoms with Gasteiger partial charge < -0.3 is 24.4 Å². The molecule has 2 aromatic heterocycles. The number of amides is 2. The number of Topliss-reactive ketones (excluding diaryl/α,β-unsaturated/α-hetero) is 1. The highest BCUT2D eigenvalue weighted by molar-refractivity contribution is 5.92. The quantitative estimate of drug-likeness (QED) is 0.348. The van der Waals surface area contributed by atoms with E-state index in [9.17, 15) is 14.4 Å².